The minimum absolute atomic E-state index is 0.0395. The van der Waals surface area contributed by atoms with Crippen molar-refractivity contribution >= 4 is 15.7 Å². The summed E-state index contributed by atoms with van der Waals surface area (Å²) in [6.45, 7) is 6.72. The second kappa shape index (κ2) is 9.98. The standard InChI is InChI=1S/C28H33N3O6S/c1-16(2)9-11-37-22-8-6-18(14-23(22)36-4)27-24-25(20-13-17(3)5-7-21(20)32)29-30-26(24)28(33)31(27)19-10-12-38(34,35)15-19/h5-8,13-14,16,19,27,32H,9-12,15H2,1-4H3,(H,29,30). The number of ether oxygens (including phenoxy) is 2. The highest BCUT2D eigenvalue weighted by Crippen LogP contribution is 2.47. The van der Waals surface area contributed by atoms with Gasteiger partial charge in [-0.3, -0.25) is 9.89 Å². The number of hydrogen-bond donors (Lipinski definition) is 2. The van der Waals surface area contributed by atoms with Crippen LogP contribution in [-0.4, -0.2) is 65.8 Å². The number of carbonyl (C=O) groups is 1. The van der Waals surface area contributed by atoms with Crippen molar-refractivity contribution in [1.82, 2.24) is 15.1 Å². The fourth-order valence-electron chi connectivity index (χ4n) is 5.29. The number of amides is 1. The highest BCUT2D eigenvalue weighted by atomic mass is 32.2. The minimum Gasteiger partial charge on any atom is -0.507 e. The molecule has 202 valence electrons. The summed E-state index contributed by atoms with van der Waals surface area (Å²) in [5.74, 6) is 1.30. The maximum atomic E-state index is 13.7. The number of aromatic hydroxyl groups is 1. The van der Waals surface area contributed by atoms with Crippen LogP contribution in [0.25, 0.3) is 11.3 Å². The van der Waals surface area contributed by atoms with Crippen molar-refractivity contribution in [2.45, 2.75) is 45.7 Å². The summed E-state index contributed by atoms with van der Waals surface area (Å²) in [5, 5.41) is 18.0. The van der Waals surface area contributed by atoms with E-state index in [9.17, 15) is 18.3 Å². The van der Waals surface area contributed by atoms with Crippen LogP contribution in [0.4, 0.5) is 0 Å². The lowest BCUT2D eigenvalue weighted by Crippen LogP contribution is -2.40. The number of carbonyl (C=O) groups excluding carboxylic acids is 1. The Morgan fingerprint density at radius 1 is 1.18 bits per heavy atom. The average Bonchev–Trinajstić information content (AvgIpc) is 3.53. The van der Waals surface area contributed by atoms with Gasteiger partial charge in [-0.15, -0.1) is 0 Å². The Kier molecular flexibility index (Phi) is 6.85. The van der Waals surface area contributed by atoms with Crippen molar-refractivity contribution in [2.75, 3.05) is 25.2 Å². The van der Waals surface area contributed by atoms with Gasteiger partial charge in [0.1, 0.15) is 17.1 Å². The number of aryl methyl sites for hydroxylation is 1. The van der Waals surface area contributed by atoms with Gasteiger partial charge in [0.15, 0.2) is 21.3 Å². The third-order valence-corrected chi connectivity index (χ3v) is 9.02. The number of rotatable bonds is 8. The number of sulfone groups is 1. The molecule has 38 heavy (non-hydrogen) atoms. The van der Waals surface area contributed by atoms with Crippen molar-refractivity contribution in [1.29, 1.82) is 0 Å². The smallest absolute Gasteiger partial charge is 0.273 e. The predicted molar refractivity (Wildman–Crippen MR) is 143 cm³/mol. The van der Waals surface area contributed by atoms with Gasteiger partial charge < -0.3 is 19.5 Å². The van der Waals surface area contributed by atoms with Crippen LogP contribution in [0.5, 0.6) is 17.2 Å². The molecule has 2 aliphatic heterocycles. The maximum Gasteiger partial charge on any atom is 0.273 e. The number of hydrogen-bond acceptors (Lipinski definition) is 7. The molecule has 2 N–H and O–H groups in total. The van der Waals surface area contributed by atoms with Gasteiger partial charge in [0.25, 0.3) is 5.91 Å². The number of phenols is 1. The Balaban J connectivity index is 1.62. The number of H-pyrrole nitrogens is 1. The minimum atomic E-state index is -3.25. The van der Waals surface area contributed by atoms with Gasteiger partial charge in [0.2, 0.25) is 0 Å². The van der Waals surface area contributed by atoms with Crippen LogP contribution in [0.1, 0.15) is 59.9 Å². The molecule has 0 bridgehead atoms. The topological polar surface area (TPSA) is 122 Å². The van der Waals surface area contributed by atoms with Crippen molar-refractivity contribution in [3.63, 3.8) is 0 Å². The fraction of sp³-hybridized carbons (Fsp3) is 0.429. The molecule has 9 nitrogen and oxygen atoms in total. The lowest BCUT2D eigenvalue weighted by molar-refractivity contribution is 0.0677. The summed E-state index contributed by atoms with van der Waals surface area (Å²) >= 11 is 0. The van der Waals surface area contributed by atoms with Crippen LogP contribution in [0.3, 0.4) is 0 Å². The van der Waals surface area contributed by atoms with Crippen LogP contribution < -0.4 is 9.47 Å². The molecule has 2 atom stereocenters. The van der Waals surface area contributed by atoms with E-state index in [1.165, 1.54) is 0 Å². The van der Waals surface area contributed by atoms with E-state index < -0.39 is 21.9 Å². The molecule has 3 heterocycles. The maximum absolute atomic E-state index is 13.7. The molecule has 0 radical (unpaired) electrons. The largest absolute Gasteiger partial charge is 0.507 e. The highest BCUT2D eigenvalue weighted by Gasteiger charge is 2.48. The van der Waals surface area contributed by atoms with E-state index >= 15 is 0 Å². The van der Waals surface area contributed by atoms with E-state index in [0.717, 1.165) is 17.5 Å². The van der Waals surface area contributed by atoms with Gasteiger partial charge in [0, 0.05) is 17.2 Å². The summed E-state index contributed by atoms with van der Waals surface area (Å²) in [4.78, 5) is 15.4. The Bertz CT molecular complexity index is 1480. The van der Waals surface area contributed by atoms with Gasteiger partial charge >= 0.3 is 0 Å². The Hall–Kier alpha value is -3.53. The Morgan fingerprint density at radius 2 is 1.97 bits per heavy atom. The van der Waals surface area contributed by atoms with Crippen LogP contribution >= 0.6 is 0 Å². The van der Waals surface area contributed by atoms with E-state index in [4.69, 9.17) is 9.47 Å². The number of benzene rings is 2. The summed E-state index contributed by atoms with van der Waals surface area (Å²) in [5.41, 5.74) is 3.53. The number of fused-ring (bicyclic) bond motifs is 1. The van der Waals surface area contributed by atoms with Gasteiger partial charge in [-0.25, -0.2) is 8.42 Å². The normalized spacial score (nSPS) is 20.2. The zero-order chi connectivity index (χ0) is 27.2. The van der Waals surface area contributed by atoms with Crippen LogP contribution in [-0.2, 0) is 9.84 Å². The third kappa shape index (κ3) is 4.73. The van der Waals surface area contributed by atoms with Crippen molar-refractivity contribution in [2.24, 2.45) is 5.92 Å². The van der Waals surface area contributed by atoms with Crippen molar-refractivity contribution in [3.8, 4) is 28.5 Å². The summed E-state index contributed by atoms with van der Waals surface area (Å²) < 4.78 is 36.4. The summed E-state index contributed by atoms with van der Waals surface area (Å²) in [6.07, 6.45) is 1.26. The molecule has 1 amide bonds. The number of methoxy groups -OCH3 is 1. The summed E-state index contributed by atoms with van der Waals surface area (Å²) in [7, 11) is -1.68. The Labute approximate surface area is 222 Å². The van der Waals surface area contributed by atoms with E-state index in [0.29, 0.717) is 53.0 Å². The molecular formula is C28H33N3O6S. The summed E-state index contributed by atoms with van der Waals surface area (Å²) in [6, 6.07) is 9.66. The molecule has 1 aromatic heterocycles. The lowest BCUT2D eigenvalue weighted by atomic mass is 9.94. The van der Waals surface area contributed by atoms with Gasteiger partial charge in [-0.05, 0) is 55.5 Å². The first-order valence-corrected chi connectivity index (χ1v) is 14.6. The molecule has 0 saturated carbocycles. The molecule has 0 spiro atoms. The predicted octanol–water partition coefficient (Wildman–Crippen LogP) is 4.26. The van der Waals surface area contributed by atoms with Gasteiger partial charge in [-0.1, -0.05) is 31.5 Å². The molecule has 10 heteroatoms. The van der Waals surface area contributed by atoms with E-state index in [-0.39, 0.29) is 23.2 Å². The third-order valence-electron chi connectivity index (χ3n) is 7.27. The molecule has 2 unspecified atom stereocenters. The SMILES string of the molecule is COc1cc(C2c3c(-c4cc(C)ccc4O)n[nH]c3C(=O)N2C2CCS(=O)(=O)C2)ccc1OCCC(C)C. The quantitative estimate of drug-likeness (QED) is 0.439. The van der Waals surface area contributed by atoms with E-state index in [1.807, 2.05) is 31.2 Å². The van der Waals surface area contributed by atoms with Gasteiger partial charge in [-0.2, -0.15) is 5.10 Å². The first-order chi connectivity index (χ1) is 18.1. The molecule has 5 rings (SSSR count). The second-order valence-electron chi connectivity index (χ2n) is 10.5. The molecule has 3 aromatic rings. The van der Waals surface area contributed by atoms with Crippen LogP contribution in [0, 0.1) is 12.8 Å². The molecule has 2 aliphatic rings. The Morgan fingerprint density at radius 3 is 2.66 bits per heavy atom. The zero-order valence-electron chi connectivity index (χ0n) is 22.0. The molecule has 1 saturated heterocycles. The van der Waals surface area contributed by atoms with E-state index in [1.54, 1.807) is 24.1 Å². The number of aromatic amines is 1. The fourth-order valence-corrected chi connectivity index (χ4v) is 7.00. The van der Waals surface area contributed by atoms with Crippen molar-refractivity contribution < 1.29 is 27.8 Å². The van der Waals surface area contributed by atoms with Crippen molar-refractivity contribution in [3.05, 3.63) is 58.8 Å². The molecule has 2 aromatic carbocycles. The number of aromatic nitrogens is 2. The molecule has 0 aliphatic carbocycles. The number of nitrogens with zero attached hydrogens (tertiary/aromatic N) is 2. The monoisotopic (exact) mass is 539 g/mol. The zero-order valence-corrected chi connectivity index (χ0v) is 22.8. The lowest BCUT2D eigenvalue weighted by Gasteiger charge is -2.31. The molecular weight excluding hydrogens is 506 g/mol. The van der Waals surface area contributed by atoms with Gasteiger partial charge in [0.05, 0.1) is 31.3 Å². The number of phenolic OH excluding ortho intramolecular Hbond substituents is 1. The van der Waals surface area contributed by atoms with Crippen LogP contribution in [0.2, 0.25) is 0 Å². The van der Waals surface area contributed by atoms with E-state index in [2.05, 4.69) is 24.0 Å². The van der Waals surface area contributed by atoms with Crippen LogP contribution in [0.15, 0.2) is 36.4 Å². The average molecular weight is 540 g/mol. The first-order valence-electron chi connectivity index (χ1n) is 12.8. The molecule has 1 fully saturated rings. The first kappa shape index (κ1) is 26.1. The number of nitrogens with one attached hydrogen (secondary N) is 1. The second-order valence-corrected chi connectivity index (χ2v) is 12.7. The highest BCUT2D eigenvalue weighted by molar-refractivity contribution is 7.91.